The fourth-order valence-electron chi connectivity index (χ4n) is 6.41. The molecule has 0 heterocycles. The van der Waals surface area contributed by atoms with Gasteiger partial charge in [0, 0.05) is 5.39 Å². The lowest BCUT2D eigenvalue weighted by Gasteiger charge is -2.39. The van der Waals surface area contributed by atoms with Crippen LogP contribution in [0.25, 0.3) is 10.8 Å². The van der Waals surface area contributed by atoms with Crippen LogP contribution < -0.4 is 0 Å². The second kappa shape index (κ2) is 9.84. The van der Waals surface area contributed by atoms with Crippen LogP contribution in [-0.4, -0.2) is 0 Å². The zero-order valence-electron chi connectivity index (χ0n) is 19.5. The highest BCUT2D eigenvalue weighted by atomic mass is 19.2. The molecule has 168 valence electrons. The van der Waals surface area contributed by atoms with Crippen molar-refractivity contribution in [1.82, 2.24) is 0 Å². The SMILES string of the molecule is C/C=C/C1CCC(C(C)C2CCC(c3ccc4cc(CC)c(F)c(F)c4c3)CC2)CC1. The number of allylic oxidation sites excluding steroid dienone is 2. The maximum atomic E-state index is 14.7. The second-order valence-electron chi connectivity index (χ2n) is 10.2. The van der Waals surface area contributed by atoms with Crippen LogP contribution in [0.5, 0.6) is 0 Å². The number of benzene rings is 2. The molecular formula is C29H38F2. The van der Waals surface area contributed by atoms with Gasteiger partial charge >= 0.3 is 0 Å². The van der Waals surface area contributed by atoms with Crippen molar-refractivity contribution in [3.05, 3.63) is 59.2 Å². The van der Waals surface area contributed by atoms with E-state index in [0.717, 1.165) is 29.1 Å². The van der Waals surface area contributed by atoms with Gasteiger partial charge in [-0.1, -0.05) is 38.1 Å². The minimum Gasteiger partial charge on any atom is -0.203 e. The van der Waals surface area contributed by atoms with Gasteiger partial charge in [0.15, 0.2) is 11.6 Å². The molecule has 0 aliphatic heterocycles. The molecule has 2 heteroatoms. The zero-order chi connectivity index (χ0) is 22.0. The first-order valence-corrected chi connectivity index (χ1v) is 12.5. The molecule has 2 fully saturated rings. The highest BCUT2D eigenvalue weighted by Crippen LogP contribution is 2.45. The summed E-state index contributed by atoms with van der Waals surface area (Å²) in [6.07, 6.45) is 15.5. The number of rotatable bonds is 5. The Balaban J connectivity index is 1.39. The number of hydrogen-bond donors (Lipinski definition) is 0. The van der Waals surface area contributed by atoms with Crippen molar-refractivity contribution in [3.8, 4) is 0 Å². The van der Waals surface area contributed by atoms with Crippen molar-refractivity contribution in [2.75, 3.05) is 0 Å². The van der Waals surface area contributed by atoms with Crippen molar-refractivity contribution in [3.63, 3.8) is 0 Å². The topological polar surface area (TPSA) is 0 Å². The minimum absolute atomic E-state index is 0.445. The Morgan fingerprint density at radius 1 is 0.903 bits per heavy atom. The summed E-state index contributed by atoms with van der Waals surface area (Å²) in [6, 6.07) is 7.87. The molecule has 2 aliphatic rings. The summed E-state index contributed by atoms with van der Waals surface area (Å²) >= 11 is 0. The second-order valence-corrected chi connectivity index (χ2v) is 10.2. The summed E-state index contributed by atoms with van der Waals surface area (Å²) in [5.74, 6) is 2.45. The molecule has 0 amide bonds. The first-order valence-electron chi connectivity index (χ1n) is 12.5. The highest BCUT2D eigenvalue weighted by Gasteiger charge is 2.32. The van der Waals surface area contributed by atoms with E-state index in [0.29, 0.717) is 23.3 Å². The Kier molecular flexibility index (Phi) is 7.14. The van der Waals surface area contributed by atoms with Crippen LogP contribution >= 0.6 is 0 Å². The lowest BCUT2D eigenvalue weighted by molar-refractivity contribution is 0.142. The average Bonchev–Trinajstić information content (AvgIpc) is 2.81. The molecule has 31 heavy (non-hydrogen) atoms. The quantitative estimate of drug-likeness (QED) is 0.420. The van der Waals surface area contributed by atoms with Gasteiger partial charge in [0.05, 0.1) is 0 Å². The molecule has 0 saturated heterocycles. The molecule has 2 aromatic carbocycles. The first kappa shape index (κ1) is 22.5. The molecule has 0 radical (unpaired) electrons. The molecular weight excluding hydrogens is 386 g/mol. The molecule has 0 spiro atoms. The standard InChI is InChI=1S/C29H38F2/c1-4-6-20-7-9-22(10-8-20)19(3)23-11-13-24(14-12-23)25-15-16-26-17-21(5-2)28(30)29(31)27(26)18-25/h4,6,15-20,22-24H,5,7-14H2,1-3H3/b6-4+. The summed E-state index contributed by atoms with van der Waals surface area (Å²) in [5.41, 5.74) is 1.65. The van der Waals surface area contributed by atoms with E-state index in [-0.39, 0.29) is 0 Å². The van der Waals surface area contributed by atoms with Crippen LogP contribution in [0.1, 0.15) is 89.2 Å². The number of halogens is 2. The molecule has 1 atom stereocenters. The minimum atomic E-state index is -0.674. The lowest BCUT2D eigenvalue weighted by atomic mass is 9.67. The number of fused-ring (bicyclic) bond motifs is 1. The van der Waals surface area contributed by atoms with Crippen LogP contribution in [0.3, 0.4) is 0 Å². The van der Waals surface area contributed by atoms with E-state index < -0.39 is 11.6 Å². The van der Waals surface area contributed by atoms with Crippen LogP contribution in [0.15, 0.2) is 36.4 Å². The Morgan fingerprint density at radius 2 is 1.55 bits per heavy atom. The number of hydrogen-bond acceptors (Lipinski definition) is 0. The smallest absolute Gasteiger partial charge is 0.166 e. The molecule has 2 aromatic rings. The third kappa shape index (κ3) is 4.73. The van der Waals surface area contributed by atoms with Gasteiger partial charge < -0.3 is 0 Å². The van der Waals surface area contributed by atoms with E-state index in [4.69, 9.17) is 0 Å². The van der Waals surface area contributed by atoms with Gasteiger partial charge in [0.25, 0.3) is 0 Å². The largest absolute Gasteiger partial charge is 0.203 e. The summed E-state index contributed by atoms with van der Waals surface area (Å²) in [4.78, 5) is 0. The predicted octanol–water partition coefficient (Wildman–Crippen LogP) is 8.97. The lowest BCUT2D eigenvalue weighted by Crippen LogP contribution is -2.27. The Hall–Kier alpha value is -1.70. The maximum Gasteiger partial charge on any atom is 0.166 e. The molecule has 4 rings (SSSR count). The van der Waals surface area contributed by atoms with Gasteiger partial charge in [-0.2, -0.15) is 0 Å². The molecule has 1 unspecified atom stereocenters. The Labute approximate surface area is 187 Å². The van der Waals surface area contributed by atoms with Crippen LogP contribution in [-0.2, 0) is 6.42 Å². The van der Waals surface area contributed by atoms with Gasteiger partial charge in [0.2, 0.25) is 0 Å². The van der Waals surface area contributed by atoms with Gasteiger partial charge in [-0.05, 0) is 123 Å². The summed E-state index contributed by atoms with van der Waals surface area (Å²) in [7, 11) is 0. The molecule has 0 N–H and O–H groups in total. The summed E-state index contributed by atoms with van der Waals surface area (Å²) < 4.78 is 29.0. The average molecular weight is 425 g/mol. The molecule has 2 aliphatic carbocycles. The Morgan fingerprint density at radius 3 is 2.16 bits per heavy atom. The monoisotopic (exact) mass is 424 g/mol. The maximum absolute atomic E-state index is 14.7. The van der Waals surface area contributed by atoms with E-state index in [1.807, 2.05) is 19.1 Å². The van der Waals surface area contributed by atoms with Gasteiger partial charge in [-0.3, -0.25) is 0 Å². The third-order valence-corrected chi connectivity index (χ3v) is 8.51. The Bertz CT molecular complexity index is 912. The van der Waals surface area contributed by atoms with Gasteiger partial charge in [-0.15, -0.1) is 0 Å². The van der Waals surface area contributed by atoms with E-state index in [2.05, 4.69) is 32.1 Å². The fraction of sp³-hybridized carbons (Fsp3) is 0.586. The van der Waals surface area contributed by atoms with Crippen molar-refractivity contribution in [2.45, 2.75) is 84.5 Å². The van der Waals surface area contributed by atoms with Crippen molar-refractivity contribution >= 4 is 10.8 Å². The van der Waals surface area contributed by atoms with Crippen LogP contribution in [0.4, 0.5) is 8.78 Å². The van der Waals surface area contributed by atoms with E-state index in [9.17, 15) is 8.78 Å². The van der Waals surface area contributed by atoms with Crippen LogP contribution in [0, 0.1) is 35.3 Å². The van der Waals surface area contributed by atoms with Crippen molar-refractivity contribution in [2.24, 2.45) is 23.7 Å². The molecule has 0 nitrogen and oxygen atoms in total. The zero-order valence-corrected chi connectivity index (χ0v) is 19.5. The summed E-state index contributed by atoms with van der Waals surface area (Å²) in [6.45, 7) is 6.49. The van der Waals surface area contributed by atoms with E-state index in [1.54, 1.807) is 6.07 Å². The van der Waals surface area contributed by atoms with Crippen LogP contribution in [0.2, 0.25) is 0 Å². The third-order valence-electron chi connectivity index (χ3n) is 8.51. The number of aryl methyl sites for hydroxylation is 1. The van der Waals surface area contributed by atoms with Gasteiger partial charge in [-0.25, -0.2) is 8.78 Å². The van der Waals surface area contributed by atoms with Crippen molar-refractivity contribution < 1.29 is 8.78 Å². The fourth-order valence-corrected chi connectivity index (χ4v) is 6.41. The summed E-state index contributed by atoms with van der Waals surface area (Å²) in [5, 5.41) is 1.26. The molecule has 2 saturated carbocycles. The first-order chi connectivity index (χ1) is 15.0. The predicted molar refractivity (Wildman–Crippen MR) is 127 cm³/mol. The van der Waals surface area contributed by atoms with Gasteiger partial charge in [0.1, 0.15) is 0 Å². The normalized spacial score (nSPS) is 28.3. The highest BCUT2D eigenvalue weighted by molar-refractivity contribution is 5.84. The molecule has 0 bridgehead atoms. The van der Waals surface area contributed by atoms with E-state index >= 15 is 0 Å². The molecule has 0 aromatic heterocycles. The van der Waals surface area contributed by atoms with Crippen molar-refractivity contribution in [1.29, 1.82) is 0 Å². The van der Waals surface area contributed by atoms with E-state index in [1.165, 1.54) is 56.9 Å².